The van der Waals surface area contributed by atoms with Crippen molar-refractivity contribution in [2.24, 2.45) is 0 Å². The smallest absolute Gasteiger partial charge is 0.407 e. The number of fused-ring (bicyclic) bond motifs is 3. The van der Waals surface area contributed by atoms with E-state index in [0.717, 1.165) is 22.3 Å². The first-order valence-electron chi connectivity index (χ1n) is 11.2. The average Bonchev–Trinajstić information content (AvgIpc) is 3.13. The number of ether oxygens (including phenoxy) is 2. The first-order valence-corrected chi connectivity index (χ1v) is 11.2. The number of carbonyl (C=O) groups is 3. The van der Waals surface area contributed by atoms with Crippen molar-refractivity contribution in [3.8, 4) is 11.1 Å². The quantitative estimate of drug-likeness (QED) is 0.480. The minimum atomic E-state index is -1.09. The van der Waals surface area contributed by atoms with Gasteiger partial charge in [-0.05, 0) is 35.6 Å². The minimum Gasteiger partial charge on any atom is -0.480 e. The maximum absolute atomic E-state index is 12.4. The highest BCUT2D eigenvalue weighted by Crippen LogP contribution is 2.44. The molecule has 0 bridgehead atoms. The maximum atomic E-state index is 12.4. The molecule has 1 aliphatic rings. The van der Waals surface area contributed by atoms with Crippen molar-refractivity contribution in [1.29, 1.82) is 0 Å². The number of aliphatic carboxylic acids is 1. The van der Waals surface area contributed by atoms with Crippen LogP contribution in [0.1, 0.15) is 43.7 Å². The van der Waals surface area contributed by atoms with Gasteiger partial charge >= 0.3 is 12.1 Å². The van der Waals surface area contributed by atoms with Crippen LogP contribution in [-0.2, 0) is 19.1 Å². The van der Waals surface area contributed by atoms with E-state index in [4.69, 9.17) is 14.6 Å². The fourth-order valence-electron chi connectivity index (χ4n) is 4.07. The summed E-state index contributed by atoms with van der Waals surface area (Å²) in [6, 6.07) is 15.2. The lowest BCUT2D eigenvalue weighted by molar-refractivity contribution is -0.142. The Morgan fingerprint density at radius 1 is 1.00 bits per heavy atom. The van der Waals surface area contributed by atoms with E-state index in [9.17, 15) is 14.4 Å². The maximum Gasteiger partial charge on any atom is 0.407 e. The molecule has 33 heavy (non-hydrogen) atoms. The minimum absolute atomic E-state index is 0.0430. The number of amides is 2. The normalized spacial score (nSPS) is 14.0. The van der Waals surface area contributed by atoms with E-state index in [1.54, 1.807) is 13.8 Å². The van der Waals surface area contributed by atoms with Gasteiger partial charge in [0.1, 0.15) is 12.6 Å². The Balaban J connectivity index is 1.53. The van der Waals surface area contributed by atoms with Crippen molar-refractivity contribution in [3.63, 3.8) is 0 Å². The van der Waals surface area contributed by atoms with Gasteiger partial charge in [0, 0.05) is 19.1 Å². The molecule has 2 atom stereocenters. The van der Waals surface area contributed by atoms with Gasteiger partial charge in [-0.15, -0.1) is 0 Å². The molecule has 3 rings (SSSR count). The van der Waals surface area contributed by atoms with Crippen molar-refractivity contribution < 1.29 is 29.0 Å². The van der Waals surface area contributed by atoms with Crippen LogP contribution in [0.2, 0.25) is 0 Å². The molecule has 8 nitrogen and oxygen atoms in total. The van der Waals surface area contributed by atoms with Crippen LogP contribution in [0.3, 0.4) is 0 Å². The second-order valence-electron chi connectivity index (χ2n) is 7.85. The summed E-state index contributed by atoms with van der Waals surface area (Å²) in [5.74, 6) is -1.58. The molecule has 2 amide bonds. The molecule has 0 aromatic heterocycles. The first-order chi connectivity index (χ1) is 15.9. The Labute approximate surface area is 193 Å². The van der Waals surface area contributed by atoms with E-state index >= 15 is 0 Å². The van der Waals surface area contributed by atoms with Crippen molar-refractivity contribution in [2.45, 2.75) is 44.8 Å². The van der Waals surface area contributed by atoms with Crippen LogP contribution in [-0.4, -0.2) is 55.0 Å². The number of carboxylic acids is 1. The fourth-order valence-corrected chi connectivity index (χ4v) is 4.07. The van der Waals surface area contributed by atoms with Crippen molar-refractivity contribution in [1.82, 2.24) is 10.6 Å². The Kier molecular flexibility index (Phi) is 8.43. The second-order valence-corrected chi connectivity index (χ2v) is 7.85. The molecule has 0 aliphatic heterocycles. The lowest BCUT2D eigenvalue weighted by Gasteiger charge is -2.19. The third kappa shape index (κ3) is 6.10. The van der Waals surface area contributed by atoms with Crippen LogP contribution >= 0.6 is 0 Å². The molecular formula is C25H30N2O6. The van der Waals surface area contributed by atoms with Gasteiger partial charge in [0.25, 0.3) is 0 Å². The van der Waals surface area contributed by atoms with Gasteiger partial charge in [-0.3, -0.25) is 4.79 Å². The SMILES string of the molecule is CCOC(CNC(=O)OCC1c2ccccc2-c2ccccc21)CC(=O)N[C@@H](CC)C(=O)O. The summed E-state index contributed by atoms with van der Waals surface area (Å²) in [6.45, 7) is 4.07. The molecule has 2 aromatic rings. The van der Waals surface area contributed by atoms with Crippen LogP contribution in [0.5, 0.6) is 0 Å². The first kappa shape index (κ1) is 24.3. The number of hydrogen-bond acceptors (Lipinski definition) is 5. The Hall–Kier alpha value is -3.39. The van der Waals surface area contributed by atoms with Crippen LogP contribution in [0.4, 0.5) is 4.79 Å². The van der Waals surface area contributed by atoms with Crippen molar-refractivity contribution in [2.75, 3.05) is 19.8 Å². The topological polar surface area (TPSA) is 114 Å². The molecule has 2 aromatic carbocycles. The van der Waals surface area contributed by atoms with Crippen LogP contribution in [0, 0.1) is 0 Å². The Morgan fingerprint density at radius 3 is 2.15 bits per heavy atom. The summed E-state index contributed by atoms with van der Waals surface area (Å²) < 4.78 is 11.0. The molecule has 0 saturated heterocycles. The second kappa shape index (κ2) is 11.5. The summed E-state index contributed by atoms with van der Waals surface area (Å²) in [6.07, 6.45) is -0.986. The molecule has 176 valence electrons. The fraction of sp³-hybridized carbons (Fsp3) is 0.400. The van der Waals surface area contributed by atoms with Crippen LogP contribution in [0.15, 0.2) is 48.5 Å². The molecule has 1 unspecified atom stereocenters. The third-order valence-electron chi connectivity index (χ3n) is 5.67. The molecule has 8 heteroatoms. The van der Waals surface area contributed by atoms with Gasteiger partial charge in [0.05, 0.1) is 12.5 Å². The van der Waals surface area contributed by atoms with Crippen molar-refractivity contribution in [3.05, 3.63) is 59.7 Å². The Morgan fingerprint density at radius 2 is 1.61 bits per heavy atom. The van der Waals surface area contributed by atoms with E-state index in [1.807, 2.05) is 36.4 Å². The predicted octanol–water partition coefficient (Wildman–Crippen LogP) is 3.30. The zero-order chi connectivity index (χ0) is 23.8. The van der Waals surface area contributed by atoms with Crippen LogP contribution < -0.4 is 10.6 Å². The number of benzene rings is 2. The Bertz CT molecular complexity index is 947. The summed E-state index contributed by atoms with van der Waals surface area (Å²) in [4.78, 5) is 35.7. The number of carboxylic acid groups (broad SMARTS) is 1. The number of nitrogens with one attached hydrogen (secondary N) is 2. The highest BCUT2D eigenvalue weighted by Gasteiger charge is 2.29. The summed E-state index contributed by atoms with van der Waals surface area (Å²) in [5, 5.41) is 14.2. The van der Waals surface area contributed by atoms with E-state index < -0.39 is 30.1 Å². The number of carbonyl (C=O) groups excluding carboxylic acids is 2. The highest BCUT2D eigenvalue weighted by molar-refractivity contribution is 5.83. The average molecular weight is 455 g/mol. The molecule has 0 fully saturated rings. The lowest BCUT2D eigenvalue weighted by Crippen LogP contribution is -2.43. The molecule has 0 saturated carbocycles. The molecule has 1 aliphatic carbocycles. The van der Waals surface area contributed by atoms with E-state index in [1.165, 1.54) is 0 Å². The highest BCUT2D eigenvalue weighted by atomic mass is 16.5. The zero-order valence-electron chi connectivity index (χ0n) is 18.9. The van der Waals surface area contributed by atoms with Gasteiger partial charge in [-0.2, -0.15) is 0 Å². The van der Waals surface area contributed by atoms with Gasteiger partial charge < -0.3 is 25.2 Å². The van der Waals surface area contributed by atoms with E-state index in [0.29, 0.717) is 6.61 Å². The standard InChI is InChI=1S/C25H30N2O6/c1-3-22(24(29)30)27-23(28)13-16(32-4-2)14-26-25(31)33-15-21-19-11-7-5-9-17(19)18-10-6-8-12-20(18)21/h5-12,16,21-22H,3-4,13-15H2,1-2H3,(H,26,31)(H,27,28)(H,29,30)/t16?,22-/m0/s1. The van der Waals surface area contributed by atoms with Gasteiger partial charge in [-0.25, -0.2) is 9.59 Å². The van der Waals surface area contributed by atoms with E-state index in [-0.39, 0.29) is 31.9 Å². The third-order valence-corrected chi connectivity index (χ3v) is 5.67. The molecule has 0 spiro atoms. The van der Waals surface area contributed by atoms with Gasteiger partial charge in [0.15, 0.2) is 0 Å². The zero-order valence-corrected chi connectivity index (χ0v) is 18.9. The summed E-state index contributed by atoms with van der Waals surface area (Å²) in [7, 11) is 0. The van der Waals surface area contributed by atoms with Gasteiger partial charge in [-0.1, -0.05) is 55.5 Å². The number of rotatable bonds is 11. The number of hydrogen-bond donors (Lipinski definition) is 3. The number of alkyl carbamates (subject to hydrolysis) is 1. The monoisotopic (exact) mass is 454 g/mol. The predicted molar refractivity (Wildman–Crippen MR) is 123 cm³/mol. The molecule has 3 N–H and O–H groups in total. The lowest BCUT2D eigenvalue weighted by atomic mass is 9.98. The molecular weight excluding hydrogens is 424 g/mol. The largest absolute Gasteiger partial charge is 0.480 e. The van der Waals surface area contributed by atoms with E-state index in [2.05, 4.69) is 22.8 Å². The summed E-state index contributed by atoms with van der Waals surface area (Å²) in [5.41, 5.74) is 4.55. The van der Waals surface area contributed by atoms with Gasteiger partial charge in [0.2, 0.25) is 5.91 Å². The molecule has 0 heterocycles. The molecule has 0 radical (unpaired) electrons. The van der Waals surface area contributed by atoms with Crippen molar-refractivity contribution >= 4 is 18.0 Å². The summed E-state index contributed by atoms with van der Waals surface area (Å²) >= 11 is 0. The van der Waals surface area contributed by atoms with Crippen LogP contribution in [0.25, 0.3) is 11.1 Å².